The molecule has 0 saturated carbocycles. The third kappa shape index (κ3) is 3.83. The summed E-state index contributed by atoms with van der Waals surface area (Å²) in [6.07, 6.45) is 4.62. The highest BCUT2D eigenvalue weighted by atomic mass is 32.1. The number of benzene rings is 7. The first-order valence-corrected chi connectivity index (χ1v) is 17.0. The van der Waals surface area contributed by atoms with Gasteiger partial charge in [0.05, 0.1) is 0 Å². The largest absolute Gasteiger partial charge is 0.337 e. The number of thiophene rings is 1. The summed E-state index contributed by atoms with van der Waals surface area (Å²) in [6, 6.07) is 51.3. The summed E-state index contributed by atoms with van der Waals surface area (Å²) in [4.78, 5) is 3.71. The standard InChI is InChI=1S/C45H29NS/c1-28-29-12-6-8-21-41(29)46(27-11-20-40-36-17-7-9-22-43(36)47-45(28)40)42-26-25-33(30-13-4-5-16-35(30)42)34-23-24-39-32-15-3-2-14-31(32)37-18-10-19-38(34)44(37)39/h2-26H,1,27H2/b20-11-. The molecular formula is C45H29NS. The van der Waals surface area contributed by atoms with E-state index in [1.165, 1.54) is 92.4 Å². The Morgan fingerprint density at radius 3 is 1.91 bits per heavy atom. The number of anilines is 2. The molecule has 0 amide bonds. The maximum absolute atomic E-state index is 4.69. The molecule has 1 aliphatic heterocycles. The molecule has 2 heterocycles. The van der Waals surface area contributed by atoms with Crippen LogP contribution in [0.5, 0.6) is 0 Å². The van der Waals surface area contributed by atoms with Crippen LogP contribution < -0.4 is 4.90 Å². The highest BCUT2D eigenvalue weighted by Gasteiger charge is 2.25. The van der Waals surface area contributed by atoms with Crippen LogP contribution in [0.3, 0.4) is 0 Å². The Hall–Kier alpha value is -5.70. The summed E-state index contributed by atoms with van der Waals surface area (Å²) in [6.45, 7) is 5.44. The van der Waals surface area contributed by atoms with E-state index in [1.54, 1.807) is 0 Å². The van der Waals surface area contributed by atoms with E-state index in [9.17, 15) is 0 Å². The van der Waals surface area contributed by atoms with E-state index in [0.717, 1.165) is 12.1 Å². The topological polar surface area (TPSA) is 3.24 Å². The van der Waals surface area contributed by atoms with Gasteiger partial charge in [-0.3, -0.25) is 0 Å². The maximum Gasteiger partial charge on any atom is 0.0493 e. The van der Waals surface area contributed by atoms with Crippen LogP contribution in [0, 0.1) is 0 Å². The summed E-state index contributed by atoms with van der Waals surface area (Å²) in [5.74, 6) is 0. The molecule has 47 heavy (non-hydrogen) atoms. The van der Waals surface area contributed by atoms with Crippen LogP contribution in [-0.2, 0) is 0 Å². The fraction of sp³-hybridized carbons (Fsp3) is 0.0222. The van der Waals surface area contributed by atoms with Crippen molar-refractivity contribution >= 4 is 66.0 Å². The minimum absolute atomic E-state index is 0.747. The lowest BCUT2D eigenvalue weighted by atomic mass is 9.91. The number of para-hydroxylation sites is 1. The molecule has 0 saturated heterocycles. The van der Waals surface area contributed by atoms with Gasteiger partial charge in [-0.15, -0.1) is 11.3 Å². The number of hydrogen-bond donors (Lipinski definition) is 0. The fourth-order valence-electron chi connectivity index (χ4n) is 7.94. The van der Waals surface area contributed by atoms with Gasteiger partial charge >= 0.3 is 0 Å². The minimum atomic E-state index is 0.747. The molecule has 0 spiro atoms. The van der Waals surface area contributed by atoms with Gasteiger partial charge in [0.25, 0.3) is 0 Å². The average molecular weight is 616 g/mol. The van der Waals surface area contributed by atoms with Gasteiger partial charge < -0.3 is 4.90 Å². The Kier molecular flexibility index (Phi) is 5.73. The van der Waals surface area contributed by atoms with Crippen LogP contribution in [0.1, 0.15) is 16.0 Å². The second-order valence-corrected chi connectivity index (χ2v) is 13.5. The van der Waals surface area contributed by atoms with Crippen molar-refractivity contribution in [1.29, 1.82) is 0 Å². The van der Waals surface area contributed by atoms with Crippen LogP contribution >= 0.6 is 11.3 Å². The molecule has 2 aliphatic rings. The molecule has 8 aromatic rings. The molecule has 2 heteroatoms. The van der Waals surface area contributed by atoms with Crippen molar-refractivity contribution in [1.82, 2.24) is 0 Å². The van der Waals surface area contributed by atoms with Gasteiger partial charge in [-0.1, -0.05) is 140 Å². The molecular weight excluding hydrogens is 587 g/mol. The van der Waals surface area contributed by atoms with Crippen molar-refractivity contribution in [3.63, 3.8) is 0 Å². The molecule has 0 radical (unpaired) electrons. The smallest absolute Gasteiger partial charge is 0.0493 e. The second kappa shape index (κ2) is 10.2. The molecule has 220 valence electrons. The van der Waals surface area contributed by atoms with Gasteiger partial charge in [-0.25, -0.2) is 0 Å². The lowest BCUT2D eigenvalue weighted by Crippen LogP contribution is -2.18. The zero-order chi connectivity index (χ0) is 31.1. The number of rotatable bonds is 2. The zero-order valence-electron chi connectivity index (χ0n) is 25.7. The average Bonchev–Trinajstić information content (AvgIpc) is 3.67. The third-order valence-electron chi connectivity index (χ3n) is 10.0. The Bertz CT molecular complexity index is 2610. The number of hydrogen-bond acceptors (Lipinski definition) is 2. The van der Waals surface area contributed by atoms with Crippen molar-refractivity contribution in [3.05, 3.63) is 168 Å². The first-order chi connectivity index (χ1) is 23.3. The summed E-state index contributed by atoms with van der Waals surface area (Å²) in [5, 5.41) is 6.45. The molecule has 1 nitrogen and oxygen atoms in total. The van der Waals surface area contributed by atoms with Crippen LogP contribution in [0.25, 0.3) is 76.7 Å². The van der Waals surface area contributed by atoms with Gasteiger partial charge in [0.1, 0.15) is 0 Å². The monoisotopic (exact) mass is 615 g/mol. The Morgan fingerprint density at radius 2 is 1.06 bits per heavy atom. The maximum atomic E-state index is 4.69. The lowest BCUT2D eigenvalue weighted by Gasteiger charge is -2.28. The van der Waals surface area contributed by atoms with Crippen LogP contribution in [0.4, 0.5) is 11.4 Å². The molecule has 1 aromatic heterocycles. The van der Waals surface area contributed by atoms with Gasteiger partial charge in [0.2, 0.25) is 0 Å². The Balaban J connectivity index is 1.16. The molecule has 0 atom stereocenters. The first kappa shape index (κ1) is 26.5. The molecule has 7 aromatic carbocycles. The summed E-state index contributed by atoms with van der Waals surface area (Å²) >= 11 is 1.84. The lowest BCUT2D eigenvalue weighted by molar-refractivity contribution is 1.11. The summed E-state index contributed by atoms with van der Waals surface area (Å²) in [7, 11) is 0. The van der Waals surface area contributed by atoms with E-state index < -0.39 is 0 Å². The van der Waals surface area contributed by atoms with Crippen molar-refractivity contribution in [2.75, 3.05) is 11.4 Å². The Labute approximate surface area is 278 Å². The van der Waals surface area contributed by atoms with E-state index in [2.05, 4.69) is 157 Å². The van der Waals surface area contributed by atoms with Crippen molar-refractivity contribution in [3.8, 4) is 33.4 Å². The highest BCUT2D eigenvalue weighted by molar-refractivity contribution is 7.20. The molecule has 0 unspecified atom stereocenters. The number of nitrogens with zero attached hydrogens (tertiary/aromatic N) is 1. The number of fused-ring (bicyclic) bond motifs is 8. The summed E-state index contributed by atoms with van der Waals surface area (Å²) in [5.41, 5.74) is 13.7. The summed E-state index contributed by atoms with van der Waals surface area (Å²) < 4.78 is 1.30. The predicted octanol–water partition coefficient (Wildman–Crippen LogP) is 12.7. The quantitative estimate of drug-likeness (QED) is 0.187. The first-order valence-electron chi connectivity index (χ1n) is 16.2. The second-order valence-electron chi connectivity index (χ2n) is 12.5. The van der Waals surface area contributed by atoms with Gasteiger partial charge in [0, 0.05) is 49.4 Å². The van der Waals surface area contributed by atoms with Crippen LogP contribution in [-0.4, -0.2) is 6.54 Å². The molecule has 0 bridgehead atoms. The van der Waals surface area contributed by atoms with E-state index >= 15 is 0 Å². The fourth-order valence-corrected chi connectivity index (χ4v) is 9.12. The molecule has 0 N–H and O–H groups in total. The van der Waals surface area contributed by atoms with Gasteiger partial charge in [0.15, 0.2) is 0 Å². The SMILES string of the molecule is C=C1c2ccccc2N(c2ccc(-c3ccc4c5c(cccc35)-c3ccccc3-4)c3ccccc23)C/C=C\c2c1sc1ccccc21. The zero-order valence-corrected chi connectivity index (χ0v) is 26.5. The van der Waals surface area contributed by atoms with E-state index in [4.69, 9.17) is 6.58 Å². The van der Waals surface area contributed by atoms with Crippen molar-refractivity contribution in [2.24, 2.45) is 0 Å². The highest BCUT2D eigenvalue weighted by Crippen LogP contribution is 2.50. The normalized spacial score (nSPS) is 14.0. The van der Waals surface area contributed by atoms with Crippen LogP contribution in [0.2, 0.25) is 0 Å². The van der Waals surface area contributed by atoms with E-state index in [-0.39, 0.29) is 0 Å². The predicted molar refractivity (Wildman–Crippen MR) is 204 cm³/mol. The Morgan fingerprint density at radius 1 is 0.468 bits per heavy atom. The van der Waals surface area contributed by atoms with Crippen molar-refractivity contribution < 1.29 is 0 Å². The van der Waals surface area contributed by atoms with E-state index in [1.807, 2.05) is 11.3 Å². The van der Waals surface area contributed by atoms with Gasteiger partial charge in [-0.2, -0.15) is 0 Å². The van der Waals surface area contributed by atoms with Gasteiger partial charge in [-0.05, 0) is 73.3 Å². The minimum Gasteiger partial charge on any atom is -0.337 e. The molecule has 10 rings (SSSR count). The molecule has 0 fully saturated rings. The van der Waals surface area contributed by atoms with E-state index in [0.29, 0.717) is 0 Å². The molecule has 1 aliphatic carbocycles. The van der Waals surface area contributed by atoms with Crippen molar-refractivity contribution in [2.45, 2.75) is 0 Å². The third-order valence-corrected chi connectivity index (χ3v) is 11.3. The van der Waals surface area contributed by atoms with Crippen LogP contribution in [0.15, 0.2) is 152 Å².